The summed E-state index contributed by atoms with van der Waals surface area (Å²) in [6.07, 6.45) is 0. The van der Waals surface area contributed by atoms with Crippen LogP contribution in [-0.2, 0) is 0 Å². The van der Waals surface area contributed by atoms with Gasteiger partial charge in [-0.2, -0.15) is 0 Å². The van der Waals surface area contributed by atoms with Gasteiger partial charge in [-0.3, -0.25) is 10.2 Å². The molecule has 0 fully saturated rings. The van der Waals surface area contributed by atoms with Gasteiger partial charge >= 0.3 is 0 Å². The molecule has 0 heterocycles. The van der Waals surface area contributed by atoms with Crippen LogP contribution in [0, 0.1) is 5.41 Å². The van der Waals surface area contributed by atoms with Gasteiger partial charge in [-0.05, 0) is 36.4 Å². The van der Waals surface area contributed by atoms with Gasteiger partial charge in [-0.15, -0.1) is 0 Å². The fourth-order valence-corrected chi connectivity index (χ4v) is 1.90. The number of nitrogens with zero attached hydrogens (tertiary/aromatic N) is 1. The molecule has 0 saturated carbocycles. The minimum Gasteiger partial charge on any atom is -0.363 e. The third-order valence-electron chi connectivity index (χ3n) is 2.97. The van der Waals surface area contributed by atoms with Crippen molar-refractivity contribution in [3.8, 4) is 0 Å². The molecule has 0 aliphatic carbocycles. The van der Waals surface area contributed by atoms with Crippen molar-refractivity contribution in [1.82, 2.24) is 4.90 Å². The van der Waals surface area contributed by atoms with E-state index in [1.165, 1.54) is 0 Å². The maximum absolute atomic E-state index is 12.1. The van der Waals surface area contributed by atoms with Crippen molar-refractivity contribution >= 4 is 29.0 Å². The summed E-state index contributed by atoms with van der Waals surface area (Å²) in [5.74, 6) is 0.208. The highest BCUT2D eigenvalue weighted by Crippen LogP contribution is 2.15. The zero-order valence-electron chi connectivity index (χ0n) is 11.9. The molecule has 0 aromatic heterocycles. The van der Waals surface area contributed by atoms with E-state index < -0.39 is 0 Å². The molecule has 108 valence electrons. The van der Waals surface area contributed by atoms with Gasteiger partial charge in [0.15, 0.2) is 0 Å². The van der Waals surface area contributed by atoms with Crippen LogP contribution in [0.2, 0.25) is 5.02 Å². The summed E-state index contributed by atoms with van der Waals surface area (Å²) < 4.78 is 0. The number of nitrogens with one attached hydrogen (secondary N) is 2. The minimum absolute atomic E-state index is 0.194. The summed E-state index contributed by atoms with van der Waals surface area (Å²) in [7, 11) is 3.62. The van der Waals surface area contributed by atoms with Crippen LogP contribution in [0.3, 0.4) is 0 Å². The van der Waals surface area contributed by atoms with E-state index in [2.05, 4.69) is 5.32 Å². The monoisotopic (exact) mass is 301 g/mol. The molecule has 0 bridgehead atoms. The number of hydrogen-bond acceptors (Lipinski definition) is 2. The molecule has 21 heavy (non-hydrogen) atoms. The normalized spacial score (nSPS) is 10.0. The quantitative estimate of drug-likeness (QED) is 0.673. The zero-order valence-corrected chi connectivity index (χ0v) is 12.6. The van der Waals surface area contributed by atoms with Crippen molar-refractivity contribution in [2.45, 2.75) is 0 Å². The summed E-state index contributed by atoms with van der Waals surface area (Å²) >= 11 is 5.80. The number of amides is 1. The van der Waals surface area contributed by atoms with E-state index >= 15 is 0 Å². The molecule has 2 aromatic rings. The van der Waals surface area contributed by atoms with Crippen molar-refractivity contribution in [1.29, 1.82) is 5.41 Å². The first kappa shape index (κ1) is 15.1. The number of rotatable bonds is 3. The summed E-state index contributed by atoms with van der Waals surface area (Å²) in [5, 5.41) is 11.3. The van der Waals surface area contributed by atoms with E-state index in [4.69, 9.17) is 17.0 Å². The van der Waals surface area contributed by atoms with E-state index in [9.17, 15) is 4.79 Å². The number of carbonyl (C=O) groups excluding carboxylic acids is 1. The van der Waals surface area contributed by atoms with Crippen molar-refractivity contribution in [3.05, 3.63) is 64.7 Å². The molecule has 0 saturated heterocycles. The summed E-state index contributed by atoms with van der Waals surface area (Å²) in [4.78, 5) is 13.8. The molecule has 0 aliphatic rings. The molecule has 4 nitrogen and oxygen atoms in total. The van der Waals surface area contributed by atoms with Crippen LogP contribution in [-0.4, -0.2) is 30.7 Å². The molecule has 0 spiro atoms. The molecular formula is C16H16ClN3O. The number of hydrogen-bond donors (Lipinski definition) is 2. The highest BCUT2D eigenvalue weighted by molar-refractivity contribution is 6.30. The number of anilines is 1. The third-order valence-corrected chi connectivity index (χ3v) is 3.22. The van der Waals surface area contributed by atoms with Gasteiger partial charge in [0.1, 0.15) is 5.84 Å². The summed E-state index contributed by atoms with van der Waals surface area (Å²) in [6, 6.07) is 13.9. The second kappa shape index (κ2) is 6.41. The first-order chi connectivity index (χ1) is 9.97. The Morgan fingerprint density at radius 2 is 1.52 bits per heavy atom. The Labute approximate surface area is 128 Å². The number of amidine groups is 1. The smallest absolute Gasteiger partial charge is 0.255 e. The first-order valence-corrected chi connectivity index (χ1v) is 6.78. The Balaban J connectivity index is 2.09. The Morgan fingerprint density at radius 3 is 2.05 bits per heavy atom. The fourth-order valence-electron chi connectivity index (χ4n) is 1.77. The van der Waals surface area contributed by atoms with Gasteiger partial charge in [0.2, 0.25) is 0 Å². The summed E-state index contributed by atoms with van der Waals surface area (Å²) in [5.41, 5.74) is 2.00. The van der Waals surface area contributed by atoms with Gasteiger partial charge < -0.3 is 10.2 Å². The second-order valence-corrected chi connectivity index (χ2v) is 5.22. The highest BCUT2D eigenvalue weighted by Gasteiger charge is 2.08. The second-order valence-electron chi connectivity index (χ2n) is 4.78. The predicted molar refractivity (Wildman–Crippen MR) is 86.4 cm³/mol. The molecule has 2 N–H and O–H groups in total. The first-order valence-electron chi connectivity index (χ1n) is 6.40. The van der Waals surface area contributed by atoms with E-state index in [0.29, 0.717) is 22.1 Å². The van der Waals surface area contributed by atoms with Gasteiger partial charge in [-0.1, -0.05) is 23.7 Å². The minimum atomic E-state index is -0.194. The zero-order chi connectivity index (χ0) is 15.4. The fraction of sp³-hybridized carbons (Fsp3) is 0.125. The van der Waals surface area contributed by atoms with Crippen LogP contribution in [0.4, 0.5) is 5.69 Å². The lowest BCUT2D eigenvalue weighted by atomic mass is 10.1. The van der Waals surface area contributed by atoms with Gasteiger partial charge in [-0.25, -0.2) is 0 Å². The average molecular weight is 302 g/mol. The molecule has 0 unspecified atom stereocenters. The lowest BCUT2D eigenvalue weighted by molar-refractivity contribution is 0.102. The Morgan fingerprint density at radius 1 is 1.00 bits per heavy atom. The van der Waals surface area contributed by atoms with Gasteiger partial charge in [0.05, 0.1) is 0 Å². The topological polar surface area (TPSA) is 56.2 Å². The lowest BCUT2D eigenvalue weighted by Gasteiger charge is -2.13. The Kier molecular flexibility index (Phi) is 4.60. The van der Waals surface area contributed by atoms with Crippen molar-refractivity contribution in [2.75, 3.05) is 19.4 Å². The van der Waals surface area contributed by atoms with Crippen LogP contribution in [0.15, 0.2) is 48.5 Å². The molecule has 2 rings (SSSR count). The largest absolute Gasteiger partial charge is 0.363 e. The molecule has 5 heteroatoms. The van der Waals surface area contributed by atoms with Crippen LogP contribution in [0.5, 0.6) is 0 Å². The van der Waals surface area contributed by atoms with Crippen molar-refractivity contribution in [2.24, 2.45) is 0 Å². The van der Waals surface area contributed by atoms with Gasteiger partial charge in [0.25, 0.3) is 5.91 Å². The standard InChI is InChI=1S/C16H16ClN3O/c1-20(2)15(18)11-3-5-12(6-4-11)16(21)19-14-9-7-13(17)8-10-14/h3-10,18H,1-2H3,(H,19,21). The van der Waals surface area contributed by atoms with Crippen molar-refractivity contribution in [3.63, 3.8) is 0 Å². The van der Waals surface area contributed by atoms with Crippen LogP contribution in [0.25, 0.3) is 0 Å². The van der Waals surface area contributed by atoms with E-state index in [-0.39, 0.29) is 5.91 Å². The highest BCUT2D eigenvalue weighted by atomic mass is 35.5. The number of carbonyl (C=O) groups is 1. The van der Waals surface area contributed by atoms with E-state index in [0.717, 1.165) is 5.56 Å². The van der Waals surface area contributed by atoms with Crippen molar-refractivity contribution < 1.29 is 4.79 Å². The Hall–Kier alpha value is -2.33. The average Bonchev–Trinajstić information content (AvgIpc) is 2.49. The number of halogens is 1. The van der Waals surface area contributed by atoms with Gasteiger partial charge in [0, 0.05) is 35.9 Å². The SMILES string of the molecule is CN(C)C(=N)c1ccc(C(=O)Nc2ccc(Cl)cc2)cc1. The van der Waals surface area contributed by atoms with Crippen LogP contribution < -0.4 is 5.32 Å². The summed E-state index contributed by atoms with van der Waals surface area (Å²) in [6.45, 7) is 0. The predicted octanol–water partition coefficient (Wildman–Crippen LogP) is 3.48. The maximum atomic E-state index is 12.1. The van der Waals surface area contributed by atoms with Crippen LogP contribution in [0.1, 0.15) is 15.9 Å². The molecule has 0 aliphatic heterocycles. The Bertz CT molecular complexity index is 648. The maximum Gasteiger partial charge on any atom is 0.255 e. The van der Waals surface area contributed by atoms with E-state index in [1.807, 2.05) is 14.1 Å². The van der Waals surface area contributed by atoms with Crippen LogP contribution >= 0.6 is 11.6 Å². The molecule has 0 radical (unpaired) electrons. The number of benzene rings is 2. The van der Waals surface area contributed by atoms with E-state index in [1.54, 1.807) is 53.4 Å². The lowest BCUT2D eigenvalue weighted by Crippen LogP contribution is -2.21. The molecule has 1 amide bonds. The molecule has 0 atom stereocenters. The molecular weight excluding hydrogens is 286 g/mol. The third kappa shape index (κ3) is 3.83. The molecule has 2 aromatic carbocycles.